The van der Waals surface area contributed by atoms with Gasteiger partial charge in [-0.25, -0.2) is 14.1 Å². The lowest BCUT2D eigenvalue weighted by atomic mass is 10.2. The Morgan fingerprint density at radius 3 is 2.58 bits per heavy atom. The summed E-state index contributed by atoms with van der Waals surface area (Å²) in [6, 6.07) is 7.88. The number of rotatable bonds is 4. The van der Waals surface area contributed by atoms with Gasteiger partial charge in [0.25, 0.3) is 5.91 Å². The van der Waals surface area contributed by atoms with E-state index < -0.39 is 0 Å². The Morgan fingerprint density at radius 2 is 1.96 bits per heavy atom. The predicted octanol–water partition coefficient (Wildman–Crippen LogP) is 3.82. The van der Waals surface area contributed by atoms with Crippen LogP contribution in [0, 0.1) is 5.82 Å². The summed E-state index contributed by atoms with van der Waals surface area (Å²) in [5.74, 6) is -0.498. The van der Waals surface area contributed by atoms with Gasteiger partial charge < -0.3 is 4.90 Å². The first-order valence-electron chi connectivity index (χ1n) is 7.92. The fraction of sp³-hybridized carbons (Fsp3) is 0.278. The number of aromatic nitrogens is 3. The average molecular weight is 326 g/mol. The van der Waals surface area contributed by atoms with Crippen molar-refractivity contribution in [3.63, 3.8) is 0 Å². The Bertz CT molecular complexity index is 870. The highest BCUT2D eigenvalue weighted by Crippen LogP contribution is 2.21. The zero-order chi connectivity index (χ0) is 17.3. The molecule has 1 aromatic carbocycles. The average Bonchev–Trinajstić information content (AvgIpc) is 3.00. The third-order valence-corrected chi connectivity index (χ3v) is 3.87. The molecule has 0 saturated heterocycles. The number of carbonyl (C=O) groups is 1. The van der Waals surface area contributed by atoms with E-state index in [1.807, 2.05) is 25.5 Å². The molecular weight excluding hydrogens is 307 g/mol. The quantitative estimate of drug-likeness (QED) is 0.732. The molecule has 6 heteroatoms. The number of anilines is 1. The van der Waals surface area contributed by atoms with Crippen molar-refractivity contribution in [1.82, 2.24) is 14.8 Å². The lowest BCUT2D eigenvalue weighted by Crippen LogP contribution is -2.30. The summed E-state index contributed by atoms with van der Waals surface area (Å²) in [5.41, 5.74) is 1.89. The Hall–Kier alpha value is -2.76. The molecule has 2 aromatic heterocycles. The Balaban J connectivity index is 1.96. The minimum atomic E-state index is -0.327. The number of halogens is 1. The topological polar surface area (TPSA) is 51.0 Å². The normalized spacial score (nSPS) is 11.2. The van der Waals surface area contributed by atoms with E-state index in [1.54, 1.807) is 35.5 Å². The first-order valence-corrected chi connectivity index (χ1v) is 7.92. The van der Waals surface area contributed by atoms with E-state index in [-0.39, 0.29) is 17.8 Å². The Kier molecular flexibility index (Phi) is 4.29. The van der Waals surface area contributed by atoms with Gasteiger partial charge >= 0.3 is 0 Å². The number of pyridine rings is 1. The monoisotopic (exact) mass is 326 g/mol. The van der Waals surface area contributed by atoms with E-state index in [2.05, 4.69) is 10.1 Å². The van der Waals surface area contributed by atoms with Gasteiger partial charge in [-0.15, -0.1) is 0 Å². The number of hydrogen-bond donors (Lipinski definition) is 0. The molecule has 5 nitrogen and oxygen atoms in total. The molecule has 0 saturated carbocycles. The van der Waals surface area contributed by atoms with E-state index in [4.69, 9.17) is 0 Å². The van der Waals surface area contributed by atoms with Crippen molar-refractivity contribution in [2.45, 2.75) is 26.8 Å². The van der Waals surface area contributed by atoms with Gasteiger partial charge in [0.2, 0.25) is 0 Å². The first-order chi connectivity index (χ1) is 11.5. The zero-order valence-corrected chi connectivity index (χ0v) is 13.9. The Labute approximate surface area is 139 Å². The summed E-state index contributed by atoms with van der Waals surface area (Å²) < 4.78 is 14.9. The molecule has 0 fully saturated rings. The predicted molar refractivity (Wildman–Crippen MR) is 91.7 cm³/mol. The van der Waals surface area contributed by atoms with Gasteiger partial charge in [0.15, 0.2) is 5.65 Å². The molecule has 2 heterocycles. The van der Waals surface area contributed by atoms with Crippen LogP contribution in [0.1, 0.15) is 37.2 Å². The van der Waals surface area contributed by atoms with Gasteiger partial charge in [0.1, 0.15) is 5.82 Å². The third-order valence-electron chi connectivity index (χ3n) is 3.87. The van der Waals surface area contributed by atoms with Gasteiger partial charge in [-0.2, -0.15) is 5.10 Å². The van der Waals surface area contributed by atoms with Crippen LogP contribution in [0.5, 0.6) is 0 Å². The minimum absolute atomic E-state index is 0.171. The van der Waals surface area contributed by atoms with E-state index in [0.29, 0.717) is 17.8 Å². The molecule has 0 aliphatic rings. The number of carbonyl (C=O) groups excluding carboxylic acids is 1. The highest BCUT2D eigenvalue weighted by molar-refractivity contribution is 6.07. The fourth-order valence-electron chi connectivity index (χ4n) is 2.66. The fourth-order valence-corrected chi connectivity index (χ4v) is 2.66. The van der Waals surface area contributed by atoms with Crippen molar-refractivity contribution in [3.05, 3.63) is 54.1 Å². The number of amides is 1. The minimum Gasteiger partial charge on any atom is -0.309 e. The lowest BCUT2D eigenvalue weighted by Gasteiger charge is -2.21. The molecule has 3 aromatic rings. The SMILES string of the molecule is CCN(C(=O)c1cnc2c(cnn2C(C)C)c1)c1ccc(F)cc1. The number of nitrogens with zero attached hydrogens (tertiary/aromatic N) is 4. The molecule has 0 bridgehead atoms. The van der Waals surface area contributed by atoms with Crippen LogP contribution in [0.4, 0.5) is 10.1 Å². The first kappa shape index (κ1) is 16.1. The summed E-state index contributed by atoms with van der Waals surface area (Å²) in [6.45, 7) is 6.42. The molecule has 0 aliphatic heterocycles. The summed E-state index contributed by atoms with van der Waals surface area (Å²) >= 11 is 0. The number of benzene rings is 1. The second-order valence-corrected chi connectivity index (χ2v) is 5.85. The lowest BCUT2D eigenvalue weighted by molar-refractivity contribution is 0.0988. The van der Waals surface area contributed by atoms with Crippen LogP contribution < -0.4 is 4.90 Å². The van der Waals surface area contributed by atoms with Crippen molar-refractivity contribution in [1.29, 1.82) is 0 Å². The van der Waals surface area contributed by atoms with Crippen LogP contribution in [0.2, 0.25) is 0 Å². The van der Waals surface area contributed by atoms with Gasteiger partial charge in [-0.05, 0) is 51.1 Å². The molecule has 124 valence electrons. The zero-order valence-electron chi connectivity index (χ0n) is 13.9. The highest BCUT2D eigenvalue weighted by atomic mass is 19.1. The van der Waals surface area contributed by atoms with Gasteiger partial charge in [-0.1, -0.05) is 0 Å². The molecule has 0 N–H and O–H groups in total. The van der Waals surface area contributed by atoms with E-state index in [0.717, 1.165) is 11.0 Å². The summed E-state index contributed by atoms with van der Waals surface area (Å²) in [6.07, 6.45) is 3.28. The van der Waals surface area contributed by atoms with Gasteiger partial charge in [0, 0.05) is 29.9 Å². The summed E-state index contributed by atoms with van der Waals surface area (Å²) in [4.78, 5) is 18.8. The van der Waals surface area contributed by atoms with Crippen LogP contribution in [-0.4, -0.2) is 27.2 Å². The smallest absolute Gasteiger partial charge is 0.259 e. The van der Waals surface area contributed by atoms with Crippen LogP contribution in [0.25, 0.3) is 11.0 Å². The van der Waals surface area contributed by atoms with Crippen molar-refractivity contribution >= 4 is 22.6 Å². The molecule has 0 radical (unpaired) electrons. The van der Waals surface area contributed by atoms with Crippen LogP contribution >= 0.6 is 0 Å². The van der Waals surface area contributed by atoms with Crippen molar-refractivity contribution in [2.24, 2.45) is 0 Å². The second kappa shape index (κ2) is 6.39. The number of fused-ring (bicyclic) bond motifs is 1. The maximum absolute atomic E-state index is 13.1. The van der Waals surface area contributed by atoms with Crippen LogP contribution in [0.15, 0.2) is 42.7 Å². The summed E-state index contributed by atoms with van der Waals surface area (Å²) in [7, 11) is 0. The Morgan fingerprint density at radius 1 is 1.25 bits per heavy atom. The molecule has 24 heavy (non-hydrogen) atoms. The van der Waals surface area contributed by atoms with Crippen molar-refractivity contribution in [2.75, 3.05) is 11.4 Å². The maximum Gasteiger partial charge on any atom is 0.259 e. The van der Waals surface area contributed by atoms with Gasteiger partial charge in [0.05, 0.1) is 11.8 Å². The van der Waals surface area contributed by atoms with E-state index >= 15 is 0 Å². The molecule has 0 aliphatic carbocycles. The van der Waals surface area contributed by atoms with E-state index in [9.17, 15) is 9.18 Å². The van der Waals surface area contributed by atoms with Crippen LogP contribution in [-0.2, 0) is 0 Å². The molecule has 3 rings (SSSR count). The standard InChI is InChI=1S/C18H19FN4O/c1-4-22(16-7-5-15(19)6-8-16)18(24)14-9-13-11-21-23(12(2)3)17(13)20-10-14/h5-12H,4H2,1-3H3. The molecule has 0 atom stereocenters. The largest absolute Gasteiger partial charge is 0.309 e. The molecule has 0 unspecified atom stereocenters. The second-order valence-electron chi connectivity index (χ2n) is 5.85. The third kappa shape index (κ3) is 2.87. The van der Waals surface area contributed by atoms with Gasteiger partial charge in [-0.3, -0.25) is 4.79 Å². The summed E-state index contributed by atoms with van der Waals surface area (Å²) in [5, 5.41) is 5.14. The molecule has 1 amide bonds. The van der Waals surface area contributed by atoms with Crippen molar-refractivity contribution < 1.29 is 9.18 Å². The van der Waals surface area contributed by atoms with Crippen molar-refractivity contribution in [3.8, 4) is 0 Å². The van der Waals surface area contributed by atoms with Crippen LogP contribution in [0.3, 0.4) is 0 Å². The molecule has 0 spiro atoms. The molecular formula is C18H19FN4O. The maximum atomic E-state index is 13.1. The number of hydrogen-bond acceptors (Lipinski definition) is 3. The van der Waals surface area contributed by atoms with E-state index in [1.165, 1.54) is 12.1 Å². The highest BCUT2D eigenvalue weighted by Gasteiger charge is 2.18.